The molecule has 0 spiro atoms. The van der Waals surface area contributed by atoms with Crippen LogP contribution in [0.15, 0.2) is 48.5 Å². The Morgan fingerprint density at radius 2 is 1.47 bits per heavy atom. The van der Waals surface area contributed by atoms with Crippen LogP contribution in [0.2, 0.25) is 0 Å². The van der Waals surface area contributed by atoms with E-state index in [0.29, 0.717) is 32.1 Å². The van der Waals surface area contributed by atoms with E-state index in [9.17, 15) is 31.9 Å². The molecule has 2 aliphatic heterocycles. The summed E-state index contributed by atoms with van der Waals surface area (Å²) in [5.74, 6) is -0.919. The Kier molecular flexibility index (Phi) is 7.28. The van der Waals surface area contributed by atoms with E-state index in [1.54, 1.807) is 24.3 Å². The number of carbonyl (C=O) groups excluding carboxylic acids is 1. The largest absolute Gasteiger partial charge is 0.417 e. The number of aliphatic hydroxyl groups is 1. The molecule has 0 radical (unpaired) electrons. The molecule has 38 heavy (non-hydrogen) atoms. The van der Waals surface area contributed by atoms with Gasteiger partial charge < -0.3 is 10.4 Å². The second-order valence-corrected chi connectivity index (χ2v) is 11.3. The number of fused-ring (bicyclic) bond motifs is 2. The molecule has 1 aliphatic carbocycles. The second-order valence-electron chi connectivity index (χ2n) is 11.3. The van der Waals surface area contributed by atoms with Crippen LogP contribution in [0.5, 0.6) is 0 Å². The van der Waals surface area contributed by atoms with E-state index in [2.05, 4.69) is 5.32 Å². The van der Waals surface area contributed by atoms with Gasteiger partial charge in [-0.3, -0.25) is 9.69 Å². The maximum absolute atomic E-state index is 13.7. The predicted molar refractivity (Wildman–Crippen MR) is 132 cm³/mol. The Bertz CT molecular complexity index is 1120. The molecular weight excluding hydrogens is 503 g/mol. The summed E-state index contributed by atoms with van der Waals surface area (Å²) in [5.41, 5.74) is -1.91. The van der Waals surface area contributed by atoms with Gasteiger partial charge in [-0.25, -0.2) is 8.78 Å². The van der Waals surface area contributed by atoms with Crippen molar-refractivity contribution in [2.24, 2.45) is 0 Å². The normalized spacial score (nSPS) is 27.8. The van der Waals surface area contributed by atoms with Crippen LogP contribution in [0, 0.1) is 11.6 Å². The van der Waals surface area contributed by atoms with Gasteiger partial charge in [0.1, 0.15) is 11.6 Å². The van der Waals surface area contributed by atoms with E-state index in [4.69, 9.17) is 0 Å². The summed E-state index contributed by atoms with van der Waals surface area (Å²) in [5, 5.41) is 13.6. The molecule has 3 aliphatic rings. The molecule has 1 saturated carbocycles. The molecule has 4 nitrogen and oxygen atoms in total. The number of carbonyl (C=O) groups is 1. The molecule has 9 heteroatoms. The van der Waals surface area contributed by atoms with Gasteiger partial charge in [0.25, 0.3) is 0 Å². The summed E-state index contributed by atoms with van der Waals surface area (Å²) in [4.78, 5) is 15.7. The Hall–Kier alpha value is -2.52. The van der Waals surface area contributed by atoms with Crippen molar-refractivity contribution in [1.29, 1.82) is 0 Å². The number of benzene rings is 2. The van der Waals surface area contributed by atoms with Gasteiger partial charge in [0, 0.05) is 37.5 Å². The first-order chi connectivity index (χ1) is 18.0. The zero-order valence-corrected chi connectivity index (χ0v) is 21.1. The number of piperidine rings is 1. The third kappa shape index (κ3) is 5.07. The Morgan fingerprint density at radius 3 is 2.00 bits per heavy atom. The quantitative estimate of drug-likeness (QED) is 0.465. The maximum Gasteiger partial charge on any atom is 0.417 e. The summed E-state index contributed by atoms with van der Waals surface area (Å²) in [6.45, 7) is 0.205. The van der Waals surface area contributed by atoms with Crippen molar-refractivity contribution in [2.45, 2.75) is 93.1 Å². The van der Waals surface area contributed by atoms with Crippen LogP contribution in [-0.2, 0) is 16.6 Å². The summed E-state index contributed by atoms with van der Waals surface area (Å²) >= 11 is 0. The van der Waals surface area contributed by atoms with Gasteiger partial charge in [0.2, 0.25) is 5.91 Å². The van der Waals surface area contributed by atoms with Crippen LogP contribution in [-0.4, -0.2) is 52.4 Å². The predicted octanol–water partition coefficient (Wildman–Crippen LogP) is 5.42. The maximum atomic E-state index is 13.7. The van der Waals surface area contributed by atoms with E-state index >= 15 is 0 Å². The lowest BCUT2D eigenvalue weighted by Gasteiger charge is -2.47. The summed E-state index contributed by atoms with van der Waals surface area (Å²) in [7, 11) is 0. The zero-order valence-electron chi connectivity index (χ0n) is 21.1. The third-order valence-electron chi connectivity index (χ3n) is 8.94. The summed E-state index contributed by atoms with van der Waals surface area (Å²) in [6, 6.07) is 10.7. The lowest BCUT2D eigenvalue weighted by molar-refractivity contribution is -0.280. The highest BCUT2D eigenvalue weighted by Gasteiger charge is 2.61. The Labute approximate surface area is 219 Å². The molecule has 2 heterocycles. The Morgan fingerprint density at radius 1 is 0.947 bits per heavy atom. The molecule has 1 amide bonds. The number of amides is 1. The minimum absolute atomic E-state index is 0.165. The van der Waals surface area contributed by atoms with E-state index in [0.717, 1.165) is 24.0 Å². The molecule has 3 unspecified atom stereocenters. The van der Waals surface area contributed by atoms with Crippen LogP contribution in [0.25, 0.3) is 0 Å². The highest BCUT2D eigenvalue weighted by molar-refractivity contribution is 5.88. The molecule has 3 atom stereocenters. The van der Waals surface area contributed by atoms with Crippen molar-refractivity contribution in [2.75, 3.05) is 6.54 Å². The molecule has 5 rings (SSSR count). The molecule has 206 valence electrons. The van der Waals surface area contributed by atoms with Gasteiger partial charge in [-0.15, -0.1) is 0 Å². The van der Waals surface area contributed by atoms with Crippen molar-refractivity contribution < 1.29 is 31.9 Å². The van der Waals surface area contributed by atoms with Crippen molar-refractivity contribution in [3.63, 3.8) is 0 Å². The standard InChI is InChI=1S/C29H33F5N2O2/c30-21-7-3-19(4-8-21)15-25(36-23-11-12-24(36)17-28(38,16-23)29(32,33)34)18-35-26(37)27(13-1-2-14-27)20-5-9-22(31)10-6-20/h3-10,23-25,38H,1-2,11-18H2,(H,35,37). The van der Waals surface area contributed by atoms with Crippen LogP contribution in [0.1, 0.15) is 62.5 Å². The minimum Gasteiger partial charge on any atom is -0.380 e. The number of halogens is 5. The zero-order chi connectivity index (χ0) is 27.1. The highest BCUT2D eigenvalue weighted by Crippen LogP contribution is 2.49. The van der Waals surface area contributed by atoms with Crippen LogP contribution in [0.3, 0.4) is 0 Å². The molecule has 2 aromatic rings. The van der Waals surface area contributed by atoms with E-state index in [-0.39, 0.29) is 30.1 Å². The van der Waals surface area contributed by atoms with E-state index in [1.807, 2.05) is 4.90 Å². The fraction of sp³-hybridized carbons (Fsp3) is 0.552. The fourth-order valence-corrected chi connectivity index (χ4v) is 7.04. The number of nitrogens with one attached hydrogen (secondary N) is 1. The first-order valence-corrected chi connectivity index (χ1v) is 13.4. The van der Waals surface area contributed by atoms with Gasteiger partial charge in [0.05, 0.1) is 5.41 Å². The van der Waals surface area contributed by atoms with Gasteiger partial charge in [-0.1, -0.05) is 37.1 Å². The number of alkyl halides is 3. The number of hydrogen-bond acceptors (Lipinski definition) is 3. The molecule has 3 fully saturated rings. The minimum atomic E-state index is -4.70. The Balaban J connectivity index is 1.38. The van der Waals surface area contributed by atoms with Crippen molar-refractivity contribution in [3.05, 3.63) is 71.3 Å². The molecule has 0 aromatic heterocycles. The summed E-state index contributed by atoms with van der Waals surface area (Å²) < 4.78 is 68.2. The van der Waals surface area contributed by atoms with Crippen molar-refractivity contribution >= 4 is 5.91 Å². The second kappa shape index (κ2) is 10.2. The van der Waals surface area contributed by atoms with Gasteiger partial charge >= 0.3 is 6.18 Å². The average Bonchev–Trinajstić information content (AvgIpc) is 3.47. The lowest BCUT2D eigenvalue weighted by Crippen LogP contribution is -2.62. The first kappa shape index (κ1) is 27.1. The van der Waals surface area contributed by atoms with Gasteiger partial charge in [-0.05, 0) is 67.5 Å². The monoisotopic (exact) mass is 536 g/mol. The smallest absolute Gasteiger partial charge is 0.380 e. The average molecular weight is 537 g/mol. The number of nitrogens with zero attached hydrogens (tertiary/aromatic N) is 1. The van der Waals surface area contributed by atoms with Crippen LogP contribution in [0.4, 0.5) is 22.0 Å². The van der Waals surface area contributed by atoms with Crippen LogP contribution >= 0.6 is 0 Å². The summed E-state index contributed by atoms with van der Waals surface area (Å²) in [6.07, 6.45) is -0.993. The van der Waals surface area contributed by atoms with E-state index in [1.165, 1.54) is 24.3 Å². The molecule has 2 saturated heterocycles. The molecular formula is C29H33F5N2O2. The number of hydrogen-bond donors (Lipinski definition) is 2. The number of rotatable bonds is 7. The van der Waals surface area contributed by atoms with Gasteiger partial charge in [-0.2, -0.15) is 13.2 Å². The van der Waals surface area contributed by atoms with Crippen LogP contribution < -0.4 is 5.32 Å². The first-order valence-electron chi connectivity index (χ1n) is 13.4. The SMILES string of the molecule is O=C(NCC(Cc1ccc(F)cc1)N1C2CCC1CC(O)(C(F)(F)F)C2)C1(c2ccc(F)cc2)CCCC1. The van der Waals surface area contributed by atoms with Gasteiger partial charge in [0.15, 0.2) is 5.60 Å². The fourth-order valence-electron chi connectivity index (χ4n) is 7.04. The lowest BCUT2D eigenvalue weighted by atomic mass is 9.78. The third-order valence-corrected chi connectivity index (χ3v) is 8.94. The topological polar surface area (TPSA) is 52.6 Å². The molecule has 2 N–H and O–H groups in total. The van der Waals surface area contributed by atoms with Crippen molar-refractivity contribution in [3.8, 4) is 0 Å². The molecule has 2 aromatic carbocycles. The van der Waals surface area contributed by atoms with Crippen molar-refractivity contribution in [1.82, 2.24) is 10.2 Å². The highest BCUT2D eigenvalue weighted by atomic mass is 19.4. The van der Waals surface area contributed by atoms with E-state index < -0.39 is 42.1 Å². The molecule has 2 bridgehead atoms.